The van der Waals surface area contributed by atoms with Crippen molar-refractivity contribution in [2.24, 2.45) is 0 Å². The van der Waals surface area contributed by atoms with Crippen LogP contribution in [0.1, 0.15) is 17.6 Å². The summed E-state index contributed by atoms with van der Waals surface area (Å²) in [5.74, 6) is 0.200. The van der Waals surface area contributed by atoms with Gasteiger partial charge in [-0.25, -0.2) is 4.79 Å². The van der Waals surface area contributed by atoms with Crippen LogP contribution in [0.25, 0.3) is 11.5 Å². The van der Waals surface area contributed by atoms with E-state index in [0.29, 0.717) is 17.2 Å². The van der Waals surface area contributed by atoms with E-state index in [1.54, 1.807) is 24.3 Å². The fourth-order valence-corrected chi connectivity index (χ4v) is 2.17. The van der Waals surface area contributed by atoms with Crippen molar-refractivity contribution in [3.8, 4) is 17.2 Å². The summed E-state index contributed by atoms with van der Waals surface area (Å²) in [5, 5.41) is 17.8. The summed E-state index contributed by atoms with van der Waals surface area (Å²) in [6.45, 7) is -0.223. The first-order valence-corrected chi connectivity index (χ1v) is 7.54. The molecule has 7 heteroatoms. The van der Waals surface area contributed by atoms with Gasteiger partial charge in [-0.1, -0.05) is 30.3 Å². The summed E-state index contributed by atoms with van der Waals surface area (Å²) in [4.78, 5) is 12.0. The minimum Gasteiger partial charge on any atom is -0.497 e. The van der Waals surface area contributed by atoms with Crippen LogP contribution in [0.4, 0.5) is 0 Å². The molecule has 0 spiro atoms. The van der Waals surface area contributed by atoms with E-state index in [1.807, 2.05) is 30.3 Å². The summed E-state index contributed by atoms with van der Waals surface area (Å²) in [6.07, 6.45) is -1.42. The normalized spacial score (nSPS) is 11.8. The topological polar surface area (TPSA) is 94.7 Å². The van der Waals surface area contributed by atoms with E-state index in [0.717, 1.165) is 5.56 Å². The third-order valence-corrected chi connectivity index (χ3v) is 3.46. The van der Waals surface area contributed by atoms with Crippen molar-refractivity contribution in [2.45, 2.75) is 12.7 Å². The zero-order valence-corrected chi connectivity index (χ0v) is 13.5. The van der Waals surface area contributed by atoms with Gasteiger partial charge < -0.3 is 19.0 Å². The van der Waals surface area contributed by atoms with Crippen molar-refractivity contribution in [1.82, 2.24) is 10.2 Å². The monoisotopic (exact) mass is 340 g/mol. The van der Waals surface area contributed by atoms with E-state index in [4.69, 9.17) is 13.9 Å². The van der Waals surface area contributed by atoms with Gasteiger partial charge in [0.05, 0.1) is 7.11 Å². The number of hydrogen-bond donors (Lipinski definition) is 1. The smallest absolute Gasteiger partial charge is 0.340 e. The second-order valence-electron chi connectivity index (χ2n) is 5.15. The fourth-order valence-electron chi connectivity index (χ4n) is 2.17. The lowest BCUT2D eigenvalue weighted by Gasteiger charge is -2.10. The molecule has 128 valence electrons. The summed E-state index contributed by atoms with van der Waals surface area (Å²) < 4.78 is 15.5. The Bertz CT molecular complexity index is 847. The average Bonchev–Trinajstić information content (AvgIpc) is 3.15. The van der Waals surface area contributed by atoms with Crippen LogP contribution in [0.5, 0.6) is 5.75 Å². The second kappa shape index (κ2) is 7.59. The highest BCUT2D eigenvalue weighted by Crippen LogP contribution is 2.21. The van der Waals surface area contributed by atoms with E-state index in [9.17, 15) is 9.90 Å². The average molecular weight is 340 g/mol. The first-order chi connectivity index (χ1) is 12.2. The minimum absolute atomic E-state index is 0.144. The number of rotatable bonds is 6. The number of nitrogens with zero attached hydrogens (tertiary/aromatic N) is 2. The fraction of sp³-hybridized carbons (Fsp3) is 0.167. The van der Waals surface area contributed by atoms with E-state index in [2.05, 4.69) is 10.2 Å². The number of ether oxygens (including phenoxy) is 2. The van der Waals surface area contributed by atoms with Crippen LogP contribution < -0.4 is 4.74 Å². The molecular weight excluding hydrogens is 324 g/mol. The summed E-state index contributed by atoms with van der Waals surface area (Å²) >= 11 is 0. The van der Waals surface area contributed by atoms with Gasteiger partial charge >= 0.3 is 5.97 Å². The SMILES string of the molecule is COc1cccc([C@H](O)C(=O)OCc2nnc(-c3ccccc3)o2)c1. The molecule has 7 nitrogen and oxygen atoms in total. The molecule has 0 fully saturated rings. The van der Waals surface area contributed by atoms with Crippen LogP contribution in [0.15, 0.2) is 59.0 Å². The molecule has 2 aromatic carbocycles. The van der Waals surface area contributed by atoms with E-state index >= 15 is 0 Å². The van der Waals surface area contributed by atoms with Crippen LogP contribution in [-0.4, -0.2) is 28.4 Å². The molecule has 0 bridgehead atoms. The predicted molar refractivity (Wildman–Crippen MR) is 87.5 cm³/mol. The molecule has 0 aliphatic rings. The predicted octanol–water partition coefficient (Wildman–Crippen LogP) is 2.52. The number of methoxy groups -OCH3 is 1. The Kier molecular flexibility index (Phi) is 5.06. The van der Waals surface area contributed by atoms with Crippen molar-refractivity contribution in [2.75, 3.05) is 7.11 Å². The molecule has 1 aromatic heterocycles. The highest BCUT2D eigenvalue weighted by atomic mass is 16.6. The number of aromatic nitrogens is 2. The van der Waals surface area contributed by atoms with Gasteiger partial charge in [0.25, 0.3) is 5.89 Å². The van der Waals surface area contributed by atoms with E-state index < -0.39 is 12.1 Å². The number of carbonyl (C=O) groups excluding carboxylic acids is 1. The maximum absolute atomic E-state index is 12.0. The molecule has 0 saturated carbocycles. The van der Waals surface area contributed by atoms with Gasteiger partial charge in [0.15, 0.2) is 12.7 Å². The molecule has 25 heavy (non-hydrogen) atoms. The van der Waals surface area contributed by atoms with Crippen LogP contribution in [0.2, 0.25) is 0 Å². The van der Waals surface area contributed by atoms with Crippen molar-refractivity contribution in [3.05, 3.63) is 66.1 Å². The Morgan fingerprint density at radius 1 is 1.16 bits per heavy atom. The van der Waals surface area contributed by atoms with Crippen LogP contribution in [0, 0.1) is 0 Å². The van der Waals surface area contributed by atoms with Gasteiger partial charge in [-0.05, 0) is 29.8 Å². The first kappa shape index (κ1) is 16.7. The number of esters is 1. The van der Waals surface area contributed by atoms with Gasteiger partial charge in [0.1, 0.15) is 5.75 Å². The molecule has 3 aromatic rings. The lowest BCUT2D eigenvalue weighted by molar-refractivity contribution is -0.156. The zero-order chi connectivity index (χ0) is 17.6. The van der Waals surface area contributed by atoms with Crippen molar-refractivity contribution in [3.63, 3.8) is 0 Å². The molecular formula is C18H16N2O5. The van der Waals surface area contributed by atoms with Crippen molar-refractivity contribution in [1.29, 1.82) is 0 Å². The second-order valence-corrected chi connectivity index (χ2v) is 5.15. The number of carbonyl (C=O) groups is 1. The molecule has 0 unspecified atom stereocenters. The van der Waals surface area contributed by atoms with Crippen LogP contribution >= 0.6 is 0 Å². The van der Waals surface area contributed by atoms with E-state index in [-0.39, 0.29) is 12.5 Å². The van der Waals surface area contributed by atoms with Gasteiger partial charge in [-0.3, -0.25) is 0 Å². The Hall–Kier alpha value is -3.19. The number of benzene rings is 2. The highest BCUT2D eigenvalue weighted by molar-refractivity contribution is 5.76. The molecule has 0 radical (unpaired) electrons. The zero-order valence-electron chi connectivity index (χ0n) is 13.5. The Morgan fingerprint density at radius 2 is 1.96 bits per heavy atom. The van der Waals surface area contributed by atoms with Gasteiger partial charge in [0.2, 0.25) is 5.89 Å². The van der Waals surface area contributed by atoms with Crippen molar-refractivity contribution >= 4 is 5.97 Å². The Labute approximate surface area is 143 Å². The Balaban J connectivity index is 1.61. The third kappa shape index (κ3) is 4.02. The van der Waals surface area contributed by atoms with Gasteiger partial charge in [-0.2, -0.15) is 0 Å². The van der Waals surface area contributed by atoms with Crippen LogP contribution in [0.3, 0.4) is 0 Å². The van der Waals surface area contributed by atoms with Crippen molar-refractivity contribution < 1.29 is 23.8 Å². The maximum Gasteiger partial charge on any atom is 0.340 e. The summed E-state index contributed by atoms with van der Waals surface area (Å²) in [7, 11) is 1.50. The first-order valence-electron chi connectivity index (χ1n) is 7.54. The lowest BCUT2D eigenvalue weighted by Crippen LogP contribution is -2.15. The van der Waals surface area contributed by atoms with Gasteiger partial charge in [0, 0.05) is 5.56 Å². The molecule has 0 aliphatic heterocycles. The van der Waals surface area contributed by atoms with E-state index in [1.165, 1.54) is 7.11 Å². The standard InChI is InChI=1S/C18H16N2O5/c1-23-14-9-5-8-13(10-14)16(21)18(22)24-11-15-19-20-17(25-15)12-6-3-2-4-7-12/h2-10,16,21H,11H2,1H3/t16-/m0/s1. The quantitative estimate of drug-likeness (QED) is 0.689. The molecule has 3 rings (SSSR count). The molecule has 0 aliphatic carbocycles. The molecule has 1 atom stereocenters. The summed E-state index contributed by atoms with van der Waals surface area (Å²) in [5.41, 5.74) is 1.14. The minimum atomic E-state index is -1.42. The summed E-state index contributed by atoms with van der Waals surface area (Å²) in [6, 6.07) is 15.8. The maximum atomic E-state index is 12.0. The number of aliphatic hydroxyl groups excluding tert-OH is 1. The highest BCUT2D eigenvalue weighted by Gasteiger charge is 2.20. The molecule has 0 amide bonds. The van der Waals surface area contributed by atoms with Crippen LogP contribution in [-0.2, 0) is 16.1 Å². The third-order valence-electron chi connectivity index (χ3n) is 3.46. The molecule has 1 N–H and O–H groups in total. The number of hydrogen-bond acceptors (Lipinski definition) is 7. The largest absolute Gasteiger partial charge is 0.497 e. The Morgan fingerprint density at radius 3 is 2.72 bits per heavy atom. The lowest BCUT2D eigenvalue weighted by atomic mass is 10.1. The molecule has 0 saturated heterocycles. The molecule has 1 heterocycles. The van der Waals surface area contributed by atoms with Gasteiger partial charge in [-0.15, -0.1) is 10.2 Å². The number of aliphatic hydroxyl groups is 1.